The minimum absolute atomic E-state index is 0.0253. The van der Waals surface area contributed by atoms with Crippen LogP contribution < -0.4 is 4.90 Å². The summed E-state index contributed by atoms with van der Waals surface area (Å²) in [5.41, 5.74) is 2.40. The number of hydrogen-bond acceptors (Lipinski definition) is 2. The van der Waals surface area contributed by atoms with Gasteiger partial charge in [0.2, 0.25) is 5.91 Å². The van der Waals surface area contributed by atoms with Crippen LogP contribution in [0.3, 0.4) is 0 Å². The van der Waals surface area contributed by atoms with Crippen LogP contribution in [0.25, 0.3) is 21.8 Å². The van der Waals surface area contributed by atoms with E-state index >= 15 is 0 Å². The number of aromatic nitrogens is 1. The van der Waals surface area contributed by atoms with Crippen LogP contribution in [0.1, 0.15) is 6.92 Å². The van der Waals surface area contributed by atoms with E-state index in [0.29, 0.717) is 5.02 Å². The smallest absolute Gasteiger partial charge is 0.223 e. The molecule has 0 spiro atoms. The normalized spacial score (nSPS) is 10.9. The first kappa shape index (κ1) is 12.9. The molecule has 100 valence electrons. The van der Waals surface area contributed by atoms with Crippen molar-refractivity contribution in [2.75, 3.05) is 11.9 Å². The summed E-state index contributed by atoms with van der Waals surface area (Å²) in [5.74, 6) is -0.0253. The van der Waals surface area contributed by atoms with Crippen LogP contribution in [0.5, 0.6) is 0 Å². The minimum Gasteiger partial charge on any atom is -0.314 e. The van der Waals surface area contributed by atoms with Gasteiger partial charge >= 0.3 is 0 Å². The third-order valence-corrected chi connectivity index (χ3v) is 3.75. The molecule has 0 aliphatic heterocycles. The molecule has 0 saturated carbocycles. The van der Waals surface area contributed by atoms with Crippen LogP contribution in [0, 0.1) is 0 Å². The predicted octanol–water partition coefficient (Wildman–Crippen LogP) is 4.02. The van der Waals surface area contributed by atoms with Gasteiger partial charge in [-0.15, -0.1) is 0 Å². The molecule has 3 rings (SSSR count). The van der Waals surface area contributed by atoms with Gasteiger partial charge in [0.1, 0.15) is 0 Å². The van der Waals surface area contributed by atoms with Crippen molar-refractivity contribution in [2.24, 2.45) is 0 Å². The molecule has 1 aromatic heterocycles. The summed E-state index contributed by atoms with van der Waals surface area (Å²) < 4.78 is 0. The van der Waals surface area contributed by atoms with Gasteiger partial charge in [-0.05, 0) is 12.1 Å². The average Bonchev–Trinajstić information content (AvgIpc) is 2.45. The number of fused-ring (bicyclic) bond motifs is 2. The molecule has 0 atom stereocenters. The molecule has 0 radical (unpaired) electrons. The highest BCUT2D eigenvalue weighted by atomic mass is 35.5. The number of rotatable bonds is 1. The summed E-state index contributed by atoms with van der Waals surface area (Å²) in [5, 5.41) is 2.42. The molecule has 0 saturated heterocycles. The first-order chi connectivity index (χ1) is 9.59. The van der Waals surface area contributed by atoms with Gasteiger partial charge < -0.3 is 4.90 Å². The zero-order chi connectivity index (χ0) is 14.3. The van der Waals surface area contributed by atoms with E-state index in [1.807, 2.05) is 42.5 Å². The average molecular weight is 285 g/mol. The number of para-hydroxylation sites is 2. The van der Waals surface area contributed by atoms with Crippen molar-refractivity contribution in [1.29, 1.82) is 0 Å². The lowest BCUT2D eigenvalue weighted by Crippen LogP contribution is -2.23. The molecular formula is C16H13ClN2O. The predicted molar refractivity (Wildman–Crippen MR) is 83.3 cm³/mol. The Morgan fingerprint density at radius 2 is 1.80 bits per heavy atom. The van der Waals surface area contributed by atoms with Gasteiger partial charge in [-0.25, -0.2) is 4.98 Å². The third-order valence-electron chi connectivity index (χ3n) is 3.44. The fourth-order valence-electron chi connectivity index (χ4n) is 2.38. The molecule has 0 bridgehead atoms. The fourth-order valence-corrected chi connectivity index (χ4v) is 2.59. The first-order valence-corrected chi connectivity index (χ1v) is 6.68. The SMILES string of the molecule is CC(=O)N(C)c1c2ccccc2nc2c(Cl)cccc12. The lowest BCUT2D eigenvalue weighted by atomic mass is 10.1. The van der Waals surface area contributed by atoms with Crippen molar-refractivity contribution in [3.8, 4) is 0 Å². The van der Waals surface area contributed by atoms with Gasteiger partial charge in [-0.2, -0.15) is 0 Å². The molecule has 20 heavy (non-hydrogen) atoms. The second-order valence-corrected chi connectivity index (χ2v) is 5.10. The van der Waals surface area contributed by atoms with Crippen molar-refractivity contribution in [3.63, 3.8) is 0 Å². The summed E-state index contributed by atoms with van der Waals surface area (Å²) in [7, 11) is 1.77. The highest BCUT2D eigenvalue weighted by molar-refractivity contribution is 6.36. The highest BCUT2D eigenvalue weighted by Crippen LogP contribution is 2.35. The quantitative estimate of drug-likeness (QED) is 0.632. The molecular weight excluding hydrogens is 272 g/mol. The number of amides is 1. The molecule has 0 fully saturated rings. The lowest BCUT2D eigenvalue weighted by Gasteiger charge is -2.20. The van der Waals surface area contributed by atoms with Crippen molar-refractivity contribution >= 4 is 45.0 Å². The van der Waals surface area contributed by atoms with Crippen LogP contribution in [-0.2, 0) is 4.79 Å². The molecule has 4 heteroatoms. The van der Waals surface area contributed by atoms with Gasteiger partial charge in [-0.1, -0.05) is 41.9 Å². The Morgan fingerprint density at radius 1 is 1.10 bits per heavy atom. The Kier molecular flexibility index (Phi) is 3.07. The van der Waals surface area contributed by atoms with Crippen molar-refractivity contribution in [1.82, 2.24) is 4.98 Å². The third kappa shape index (κ3) is 1.91. The molecule has 2 aromatic carbocycles. The molecule has 0 unspecified atom stereocenters. The monoisotopic (exact) mass is 284 g/mol. The second kappa shape index (κ2) is 4.76. The number of carbonyl (C=O) groups excluding carboxylic acids is 1. The van der Waals surface area contributed by atoms with Gasteiger partial charge in [0.15, 0.2) is 0 Å². The highest BCUT2D eigenvalue weighted by Gasteiger charge is 2.16. The summed E-state index contributed by atoms with van der Waals surface area (Å²) >= 11 is 6.25. The largest absolute Gasteiger partial charge is 0.314 e. The molecule has 0 aliphatic carbocycles. The Balaban J connectivity index is 2.53. The molecule has 1 heterocycles. The van der Waals surface area contributed by atoms with E-state index in [2.05, 4.69) is 4.98 Å². The van der Waals surface area contributed by atoms with E-state index in [1.165, 1.54) is 0 Å². The number of benzene rings is 2. The maximum atomic E-state index is 11.8. The minimum atomic E-state index is -0.0253. The number of halogens is 1. The van der Waals surface area contributed by atoms with Gasteiger partial charge in [0, 0.05) is 24.7 Å². The Hall–Kier alpha value is -2.13. The summed E-state index contributed by atoms with van der Waals surface area (Å²) in [4.78, 5) is 18.0. The molecule has 3 nitrogen and oxygen atoms in total. The van der Waals surface area contributed by atoms with Crippen molar-refractivity contribution in [3.05, 3.63) is 47.5 Å². The zero-order valence-corrected chi connectivity index (χ0v) is 12.0. The van der Waals surface area contributed by atoms with Crippen molar-refractivity contribution in [2.45, 2.75) is 6.92 Å². The van der Waals surface area contributed by atoms with Crippen LogP contribution in [0.2, 0.25) is 5.02 Å². The van der Waals surface area contributed by atoms with Crippen LogP contribution in [-0.4, -0.2) is 17.9 Å². The number of pyridine rings is 1. The van der Waals surface area contributed by atoms with Gasteiger partial charge in [-0.3, -0.25) is 4.79 Å². The van der Waals surface area contributed by atoms with E-state index in [4.69, 9.17) is 11.6 Å². The van der Waals surface area contributed by atoms with Crippen LogP contribution in [0.4, 0.5) is 5.69 Å². The Bertz CT molecular complexity index is 829. The summed E-state index contributed by atoms with van der Waals surface area (Å²) in [6, 6.07) is 13.4. The van der Waals surface area contributed by atoms with E-state index in [-0.39, 0.29) is 5.91 Å². The summed E-state index contributed by atoms with van der Waals surface area (Å²) in [6.07, 6.45) is 0. The molecule has 3 aromatic rings. The van der Waals surface area contributed by atoms with Gasteiger partial charge in [0.05, 0.1) is 21.7 Å². The number of anilines is 1. The number of carbonyl (C=O) groups is 1. The van der Waals surface area contributed by atoms with Crippen LogP contribution >= 0.6 is 11.6 Å². The molecule has 0 N–H and O–H groups in total. The molecule has 1 amide bonds. The van der Waals surface area contributed by atoms with Crippen LogP contribution in [0.15, 0.2) is 42.5 Å². The standard InChI is InChI=1S/C16H13ClN2O/c1-10(20)19(2)16-11-6-3-4-9-14(11)18-15-12(16)7-5-8-13(15)17/h3-9H,1-2H3. The lowest BCUT2D eigenvalue weighted by molar-refractivity contribution is -0.116. The van der Waals surface area contributed by atoms with E-state index in [9.17, 15) is 4.79 Å². The Morgan fingerprint density at radius 3 is 2.55 bits per heavy atom. The first-order valence-electron chi connectivity index (χ1n) is 6.31. The van der Waals surface area contributed by atoms with E-state index < -0.39 is 0 Å². The molecule has 0 aliphatic rings. The fraction of sp³-hybridized carbons (Fsp3) is 0.125. The maximum absolute atomic E-state index is 11.8. The zero-order valence-electron chi connectivity index (χ0n) is 11.2. The van der Waals surface area contributed by atoms with Gasteiger partial charge in [0.25, 0.3) is 0 Å². The number of nitrogens with zero attached hydrogens (tertiary/aromatic N) is 2. The second-order valence-electron chi connectivity index (χ2n) is 4.69. The maximum Gasteiger partial charge on any atom is 0.223 e. The summed E-state index contributed by atoms with van der Waals surface area (Å²) in [6.45, 7) is 1.55. The van der Waals surface area contributed by atoms with E-state index in [0.717, 1.165) is 27.5 Å². The topological polar surface area (TPSA) is 33.2 Å². The number of hydrogen-bond donors (Lipinski definition) is 0. The van der Waals surface area contributed by atoms with Crippen molar-refractivity contribution < 1.29 is 4.79 Å². The van der Waals surface area contributed by atoms with E-state index in [1.54, 1.807) is 18.9 Å². The Labute approximate surface area is 121 Å².